The van der Waals surface area contributed by atoms with Crippen molar-refractivity contribution in [1.82, 2.24) is 29.5 Å². The summed E-state index contributed by atoms with van der Waals surface area (Å²) in [7, 11) is 0. The molecule has 4 aromatic heterocycles. The molecule has 0 aliphatic carbocycles. The minimum Gasteiger partial charge on any atom is -0.399 e. The quantitative estimate of drug-likeness (QED) is 0.416. The Bertz CT molecular complexity index is 1340. The molecule has 0 atom stereocenters. The van der Waals surface area contributed by atoms with E-state index in [0.29, 0.717) is 22.6 Å². The van der Waals surface area contributed by atoms with E-state index in [1.54, 1.807) is 16.8 Å². The smallest absolute Gasteiger partial charge is 0.399 e. The molecule has 0 radical (unpaired) electrons. The molecule has 5 heterocycles. The standard InChI is InChI=1S/C23H27N9O2S/c1-14(2)30-6-8-31(9-7-30)19-5-4-16(11-25-19)29-21-22-27-13-28-32(22)18(12-26-21)17-10-20(34-23(24)33)35-15(17)3/h4-5,10-14H,6-9H2,1-3H3,(H2,24,33)(H,26,29). The lowest BCUT2D eigenvalue weighted by Crippen LogP contribution is -2.49. The lowest BCUT2D eigenvalue weighted by atomic mass is 10.2. The van der Waals surface area contributed by atoms with Crippen molar-refractivity contribution in [3.05, 3.63) is 41.8 Å². The Kier molecular flexibility index (Phi) is 6.22. The Balaban J connectivity index is 1.34. The molecule has 0 spiro atoms. The number of piperazine rings is 1. The number of fused-ring (bicyclic) bond motifs is 1. The third kappa shape index (κ3) is 4.75. The summed E-state index contributed by atoms with van der Waals surface area (Å²) in [6, 6.07) is 6.34. The van der Waals surface area contributed by atoms with Crippen molar-refractivity contribution in [2.75, 3.05) is 36.4 Å². The van der Waals surface area contributed by atoms with Crippen LogP contribution in [0.25, 0.3) is 16.9 Å². The number of rotatable bonds is 6. The molecular formula is C23H27N9O2S. The number of amides is 1. The first-order chi connectivity index (χ1) is 16.9. The molecule has 5 rings (SSSR count). The van der Waals surface area contributed by atoms with Crippen molar-refractivity contribution in [3.8, 4) is 16.3 Å². The number of hydrogen-bond donors (Lipinski definition) is 2. The van der Waals surface area contributed by atoms with Crippen LogP contribution in [-0.2, 0) is 0 Å². The predicted octanol–water partition coefficient (Wildman–Crippen LogP) is 3.29. The predicted molar refractivity (Wildman–Crippen MR) is 135 cm³/mol. The van der Waals surface area contributed by atoms with Crippen molar-refractivity contribution >= 4 is 40.4 Å². The third-order valence-electron chi connectivity index (χ3n) is 6.06. The largest absolute Gasteiger partial charge is 0.410 e. The Hall–Kier alpha value is -3.77. The van der Waals surface area contributed by atoms with E-state index >= 15 is 0 Å². The molecule has 1 aliphatic heterocycles. The van der Waals surface area contributed by atoms with E-state index in [1.807, 2.05) is 25.3 Å². The van der Waals surface area contributed by atoms with Crippen LogP contribution in [0.5, 0.6) is 5.06 Å². The van der Waals surface area contributed by atoms with E-state index in [0.717, 1.165) is 53.8 Å². The van der Waals surface area contributed by atoms with Crippen molar-refractivity contribution < 1.29 is 9.53 Å². The van der Waals surface area contributed by atoms with Gasteiger partial charge < -0.3 is 20.7 Å². The highest BCUT2D eigenvalue weighted by molar-refractivity contribution is 7.14. The highest BCUT2D eigenvalue weighted by Gasteiger charge is 2.20. The minimum atomic E-state index is -0.848. The fraction of sp³-hybridized carbons (Fsp3) is 0.348. The molecule has 11 nitrogen and oxygen atoms in total. The van der Waals surface area contributed by atoms with Gasteiger partial charge in [0.1, 0.15) is 12.1 Å². The fourth-order valence-corrected chi connectivity index (χ4v) is 5.07. The van der Waals surface area contributed by atoms with Gasteiger partial charge in [-0.25, -0.2) is 24.3 Å². The maximum Gasteiger partial charge on any atom is 0.410 e. The summed E-state index contributed by atoms with van der Waals surface area (Å²) < 4.78 is 6.73. The summed E-state index contributed by atoms with van der Waals surface area (Å²) in [5.41, 5.74) is 8.09. The van der Waals surface area contributed by atoms with Crippen LogP contribution in [0.2, 0.25) is 0 Å². The number of primary amides is 1. The molecule has 0 saturated carbocycles. The van der Waals surface area contributed by atoms with Gasteiger partial charge in [0.05, 0.1) is 23.8 Å². The van der Waals surface area contributed by atoms with Gasteiger partial charge in [0.2, 0.25) is 0 Å². The summed E-state index contributed by atoms with van der Waals surface area (Å²) in [5, 5.41) is 8.09. The van der Waals surface area contributed by atoms with Crippen LogP contribution in [0.4, 0.5) is 22.1 Å². The highest BCUT2D eigenvalue weighted by atomic mass is 32.1. The molecule has 0 bridgehead atoms. The molecule has 35 heavy (non-hydrogen) atoms. The molecule has 1 saturated heterocycles. The zero-order valence-electron chi connectivity index (χ0n) is 19.8. The lowest BCUT2D eigenvalue weighted by molar-refractivity contribution is 0.209. The first kappa shape index (κ1) is 23.0. The van der Waals surface area contributed by atoms with Gasteiger partial charge in [-0.3, -0.25) is 4.90 Å². The van der Waals surface area contributed by atoms with Crippen molar-refractivity contribution in [1.29, 1.82) is 0 Å². The van der Waals surface area contributed by atoms with Crippen LogP contribution in [0.15, 0.2) is 36.9 Å². The molecule has 1 fully saturated rings. The molecule has 1 amide bonds. The Morgan fingerprint density at radius 3 is 2.63 bits per heavy atom. The number of carbonyl (C=O) groups excluding carboxylic acids is 1. The van der Waals surface area contributed by atoms with E-state index in [2.05, 4.69) is 49.0 Å². The molecular weight excluding hydrogens is 466 g/mol. The van der Waals surface area contributed by atoms with Crippen molar-refractivity contribution in [3.63, 3.8) is 0 Å². The number of nitrogens with two attached hydrogens (primary N) is 1. The van der Waals surface area contributed by atoms with Crippen molar-refractivity contribution in [2.45, 2.75) is 26.8 Å². The molecule has 182 valence electrons. The van der Waals surface area contributed by atoms with Gasteiger partial charge in [-0.2, -0.15) is 5.10 Å². The molecule has 12 heteroatoms. The summed E-state index contributed by atoms with van der Waals surface area (Å²) >= 11 is 1.33. The number of nitrogens with one attached hydrogen (secondary N) is 1. The SMILES string of the molecule is Cc1sc(OC(N)=O)cc1-c1cnc(Nc2ccc(N3CCN(C(C)C)CC3)nc2)c2ncnn12. The topological polar surface area (TPSA) is 127 Å². The maximum absolute atomic E-state index is 11.1. The first-order valence-electron chi connectivity index (χ1n) is 11.4. The van der Waals surface area contributed by atoms with Gasteiger partial charge in [0, 0.05) is 48.7 Å². The van der Waals surface area contributed by atoms with Gasteiger partial charge in [-0.05, 0) is 32.9 Å². The van der Waals surface area contributed by atoms with Crippen LogP contribution in [0.3, 0.4) is 0 Å². The van der Waals surface area contributed by atoms with Gasteiger partial charge in [-0.15, -0.1) is 11.3 Å². The number of anilines is 3. The summed E-state index contributed by atoms with van der Waals surface area (Å²) in [6.07, 6.45) is 4.15. The van der Waals surface area contributed by atoms with Crippen LogP contribution < -0.4 is 20.7 Å². The number of thiophene rings is 1. The zero-order valence-corrected chi connectivity index (χ0v) is 20.6. The minimum absolute atomic E-state index is 0.414. The molecule has 0 aromatic carbocycles. The van der Waals surface area contributed by atoms with Gasteiger partial charge >= 0.3 is 6.09 Å². The second-order valence-electron chi connectivity index (χ2n) is 8.59. The average Bonchev–Trinajstić information content (AvgIpc) is 3.47. The Morgan fingerprint density at radius 1 is 1.14 bits per heavy atom. The maximum atomic E-state index is 11.1. The number of aromatic nitrogens is 5. The normalized spacial score (nSPS) is 14.6. The fourth-order valence-electron chi connectivity index (χ4n) is 4.20. The number of nitrogens with zero attached hydrogens (tertiary/aromatic N) is 7. The highest BCUT2D eigenvalue weighted by Crippen LogP contribution is 2.36. The number of ether oxygens (including phenoxy) is 1. The van der Waals surface area contributed by atoms with Crippen LogP contribution >= 0.6 is 11.3 Å². The van der Waals surface area contributed by atoms with E-state index in [9.17, 15) is 4.79 Å². The monoisotopic (exact) mass is 493 g/mol. The van der Waals surface area contributed by atoms with Crippen LogP contribution in [0, 0.1) is 6.92 Å². The van der Waals surface area contributed by atoms with E-state index < -0.39 is 6.09 Å². The van der Waals surface area contributed by atoms with Gasteiger partial charge in [0.25, 0.3) is 0 Å². The second kappa shape index (κ2) is 9.47. The molecule has 1 aliphatic rings. The van der Waals surface area contributed by atoms with E-state index in [4.69, 9.17) is 10.5 Å². The molecule has 4 aromatic rings. The van der Waals surface area contributed by atoms with Crippen LogP contribution in [-0.4, -0.2) is 67.8 Å². The van der Waals surface area contributed by atoms with Crippen molar-refractivity contribution in [2.24, 2.45) is 5.73 Å². The number of hydrogen-bond acceptors (Lipinski definition) is 10. The number of pyridine rings is 1. The third-order valence-corrected chi connectivity index (χ3v) is 6.98. The summed E-state index contributed by atoms with van der Waals surface area (Å²) in [5.74, 6) is 1.53. The Labute approximate surface area is 206 Å². The first-order valence-corrected chi connectivity index (χ1v) is 12.2. The number of carbonyl (C=O) groups is 1. The second-order valence-corrected chi connectivity index (χ2v) is 9.81. The van der Waals surface area contributed by atoms with E-state index in [1.165, 1.54) is 17.7 Å². The molecule has 0 unspecified atom stereocenters. The Morgan fingerprint density at radius 2 is 1.94 bits per heavy atom. The summed E-state index contributed by atoms with van der Waals surface area (Å²) in [6.45, 7) is 10.4. The number of aryl methyl sites for hydroxylation is 1. The average molecular weight is 494 g/mol. The van der Waals surface area contributed by atoms with Gasteiger partial charge in [0.15, 0.2) is 16.5 Å². The zero-order chi connectivity index (χ0) is 24.5. The van der Waals surface area contributed by atoms with E-state index in [-0.39, 0.29) is 0 Å². The summed E-state index contributed by atoms with van der Waals surface area (Å²) in [4.78, 5) is 30.5. The van der Waals surface area contributed by atoms with Crippen LogP contribution in [0.1, 0.15) is 18.7 Å². The molecule has 3 N–H and O–H groups in total. The lowest BCUT2D eigenvalue weighted by Gasteiger charge is -2.37. The van der Waals surface area contributed by atoms with Gasteiger partial charge in [-0.1, -0.05) is 0 Å².